The first-order valence-corrected chi connectivity index (χ1v) is 9.77. The first-order valence-electron chi connectivity index (χ1n) is 9.77. The summed E-state index contributed by atoms with van der Waals surface area (Å²) in [7, 11) is 0. The zero-order valence-electron chi connectivity index (χ0n) is 15.9. The SMILES string of the molecule is O=c1[nH]c2cc(OCC(O)CN3CCOCC3)ccc2c2oc3ccccc3c12. The Morgan fingerprint density at radius 2 is 1.97 bits per heavy atom. The number of aliphatic hydroxyl groups is 1. The van der Waals surface area contributed by atoms with Gasteiger partial charge in [-0.15, -0.1) is 0 Å². The van der Waals surface area contributed by atoms with Gasteiger partial charge < -0.3 is 24.0 Å². The number of benzene rings is 2. The van der Waals surface area contributed by atoms with E-state index in [-0.39, 0.29) is 12.2 Å². The smallest absolute Gasteiger partial charge is 0.260 e. The fourth-order valence-electron chi connectivity index (χ4n) is 3.89. The van der Waals surface area contributed by atoms with E-state index in [9.17, 15) is 9.90 Å². The van der Waals surface area contributed by atoms with Gasteiger partial charge in [0.25, 0.3) is 5.56 Å². The number of fused-ring (bicyclic) bond motifs is 5. The third-order valence-corrected chi connectivity index (χ3v) is 5.32. The van der Waals surface area contributed by atoms with Crippen LogP contribution in [0.1, 0.15) is 0 Å². The number of nitrogens with one attached hydrogen (secondary N) is 1. The summed E-state index contributed by atoms with van der Waals surface area (Å²) < 4.78 is 17.0. The monoisotopic (exact) mass is 394 g/mol. The maximum Gasteiger partial charge on any atom is 0.260 e. The number of aliphatic hydroxyl groups excluding tert-OH is 1. The molecule has 2 aromatic carbocycles. The summed E-state index contributed by atoms with van der Waals surface area (Å²) in [6.07, 6.45) is -0.597. The van der Waals surface area contributed by atoms with Gasteiger partial charge >= 0.3 is 0 Å². The van der Waals surface area contributed by atoms with Crippen LogP contribution in [0, 0.1) is 0 Å². The van der Waals surface area contributed by atoms with Crippen molar-refractivity contribution in [1.29, 1.82) is 0 Å². The van der Waals surface area contributed by atoms with Crippen molar-refractivity contribution in [3.05, 3.63) is 52.8 Å². The van der Waals surface area contributed by atoms with Crippen LogP contribution in [-0.2, 0) is 4.74 Å². The standard InChI is InChI=1S/C22H22N2O5/c25-14(12-24-7-9-27-10-8-24)13-28-15-5-6-16-18(11-15)23-22(26)20-17-3-1-2-4-19(17)29-21(16)20/h1-6,11,14,25H,7-10,12-13H2,(H,23,26). The number of aromatic nitrogens is 1. The number of ether oxygens (including phenoxy) is 2. The topological polar surface area (TPSA) is 87.9 Å². The van der Waals surface area contributed by atoms with Crippen molar-refractivity contribution < 1.29 is 19.0 Å². The number of nitrogens with zero attached hydrogens (tertiary/aromatic N) is 1. The molecule has 3 heterocycles. The molecule has 0 radical (unpaired) electrons. The van der Waals surface area contributed by atoms with Crippen LogP contribution in [0.4, 0.5) is 0 Å². The van der Waals surface area contributed by atoms with Crippen LogP contribution in [-0.4, -0.2) is 60.5 Å². The Labute approximate surface area is 166 Å². The number of β-amino-alcohol motifs (C(OH)–C–C–N with tert-alkyl or cyclic N) is 1. The minimum atomic E-state index is -0.597. The molecule has 1 unspecified atom stereocenters. The van der Waals surface area contributed by atoms with Gasteiger partial charge in [-0.2, -0.15) is 0 Å². The van der Waals surface area contributed by atoms with Gasteiger partial charge in [-0.1, -0.05) is 18.2 Å². The summed E-state index contributed by atoms with van der Waals surface area (Å²) in [5, 5.41) is 12.4. The number of pyridine rings is 1. The van der Waals surface area contributed by atoms with Gasteiger partial charge in [-0.3, -0.25) is 9.69 Å². The number of hydrogen-bond donors (Lipinski definition) is 2. The molecular weight excluding hydrogens is 372 g/mol. The number of aromatic amines is 1. The van der Waals surface area contributed by atoms with E-state index in [4.69, 9.17) is 13.9 Å². The van der Waals surface area contributed by atoms with Crippen LogP contribution < -0.4 is 10.3 Å². The van der Waals surface area contributed by atoms with E-state index in [2.05, 4.69) is 9.88 Å². The lowest BCUT2D eigenvalue weighted by atomic mass is 10.1. The molecular formula is C22H22N2O5. The van der Waals surface area contributed by atoms with Gasteiger partial charge in [0.05, 0.1) is 24.1 Å². The highest BCUT2D eigenvalue weighted by Gasteiger charge is 2.17. The lowest BCUT2D eigenvalue weighted by Crippen LogP contribution is -2.42. The molecule has 1 atom stereocenters. The highest BCUT2D eigenvalue weighted by atomic mass is 16.5. The molecule has 7 nitrogen and oxygen atoms in total. The summed E-state index contributed by atoms with van der Waals surface area (Å²) >= 11 is 0. The molecule has 0 bridgehead atoms. The second-order valence-electron chi connectivity index (χ2n) is 7.34. The highest BCUT2D eigenvalue weighted by Crippen LogP contribution is 2.31. The number of H-pyrrole nitrogens is 1. The second kappa shape index (κ2) is 7.51. The Hall–Kier alpha value is -2.87. The Morgan fingerprint density at radius 3 is 2.83 bits per heavy atom. The van der Waals surface area contributed by atoms with E-state index in [1.807, 2.05) is 36.4 Å². The zero-order chi connectivity index (χ0) is 19.8. The zero-order valence-corrected chi connectivity index (χ0v) is 15.9. The number of hydrogen-bond acceptors (Lipinski definition) is 6. The Kier molecular flexibility index (Phi) is 4.71. The van der Waals surface area contributed by atoms with Gasteiger partial charge in [0.2, 0.25) is 0 Å². The fraction of sp³-hybridized carbons (Fsp3) is 0.318. The van der Waals surface area contributed by atoms with Crippen LogP contribution >= 0.6 is 0 Å². The summed E-state index contributed by atoms with van der Waals surface area (Å²) in [4.78, 5) is 17.7. The van der Waals surface area contributed by atoms with Gasteiger partial charge in [-0.25, -0.2) is 0 Å². The largest absolute Gasteiger partial charge is 0.491 e. The van der Waals surface area contributed by atoms with Crippen LogP contribution in [0.25, 0.3) is 32.8 Å². The molecule has 0 amide bonds. The average Bonchev–Trinajstić information content (AvgIpc) is 3.13. The molecule has 7 heteroatoms. The van der Waals surface area contributed by atoms with E-state index in [0.717, 1.165) is 23.9 Å². The summed E-state index contributed by atoms with van der Waals surface area (Å²) in [5.74, 6) is 0.588. The van der Waals surface area contributed by atoms with E-state index in [1.54, 1.807) is 6.07 Å². The van der Waals surface area contributed by atoms with Crippen LogP contribution in [0.3, 0.4) is 0 Å². The molecule has 150 valence electrons. The third-order valence-electron chi connectivity index (χ3n) is 5.32. The van der Waals surface area contributed by atoms with Gasteiger partial charge in [-0.05, 0) is 18.2 Å². The van der Waals surface area contributed by atoms with Crippen LogP contribution in [0.5, 0.6) is 5.75 Å². The Balaban J connectivity index is 1.39. The molecule has 0 saturated carbocycles. The highest BCUT2D eigenvalue weighted by molar-refractivity contribution is 6.13. The third kappa shape index (κ3) is 3.48. The van der Waals surface area contributed by atoms with Crippen molar-refractivity contribution in [2.45, 2.75) is 6.10 Å². The van der Waals surface area contributed by atoms with Crippen molar-refractivity contribution in [1.82, 2.24) is 9.88 Å². The summed E-state index contributed by atoms with van der Waals surface area (Å²) in [5.41, 5.74) is 1.71. The Bertz CT molecular complexity index is 1220. The van der Waals surface area contributed by atoms with Gasteiger partial charge in [0.15, 0.2) is 0 Å². The molecule has 0 aliphatic carbocycles. The summed E-state index contributed by atoms with van der Waals surface area (Å²) in [6.45, 7) is 3.76. The van der Waals surface area contributed by atoms with Crippen molar-refractivity contribution >= 4 is 32.8 Å². The number of furan rings is 1. The van der Waals surface area contributed by atoms with E-state index in [0.29, 0.717) is 47.6 Å². The maximum atomic E-state index is 12.7. The predicted molar refractivity (Wildman–Crippen MR) is 111 cm³/mol. The maximum absolute atomic E-state index is 12.7. The molecule has 29 heavy (non-hydrogen) atoms. The minimum Gasteiger partial charge on any atom is -0.491 e. The van der Waals surface area contributed by atoms with Crippen LogP contribution in [0.2, 0.25) is 0 Å². The molecule has 1 fully saturated rings. The molecule has 2 N–H and O–H groups in total. The molecule has 0 spiro atoms. The number of rotatable bonds is 5. The molecule has 1 saturated heterocycles. The Morgan fingerprint density at radius 1 is 1.14 bits per heavy atom. The first kappa shape index (κ1) is 18.2. The first-order chi connectivity index (χ1) is 14.2. The van der Waals surface area contributed by atoms with Crippen molar-refractivity contribution in [2.24, 2.45) is 0 Å². The van der Waals surface area contributed by atoms with Crippen molar-refractivity contribution in [3.8, 4) is 5.75 Å². The van der Waals surface area contributed by atoms with Crippen molar-refractivity contribution in [2.75, 3.05) is 39.5 Å². The minimum absolute atomic E-state index is 0.181. The van der Waals surface area contributed by atoms with E-state index in [1.165, 1.54) is 0 Å². The molecule has 2 aromatic heterocycles. The van der Waals surface area contributed by atoms with E-state index >= 15 is 0 Å². The quantitative estimate of drug-likeness (QED) is 0.541. The molecule has 1 aliphatic rings. The van der Waals surface area contributed by atoms with Crippen molar-refractivity contribution in [3.63, 3.8) is 0 Å². The number of morpholine rings is 1. The second-order valence-corrected chi connectivity index (χ2v) is 7.34. The van der Waals surface area contributed by atoms with Crippen LogP contribution in [0.15, 0.2) is 51.7 Å². The molecule has 1 aliphatic heterocycles. The summed E-state index contributed by atoms with van der Waals surface area (Å²) in [6, 6.07) is 13.0. The fourth-order valence-corrected chi connectivity index (χ4v) is 3.89. The average molecular weight is 394 g/mol. The molecule has 5 rings (SSSR count). The van der Waals surface area contributed by atoms with E-state index < -0.39 is 6.10 Å². The molecule has 4 aromatic rings. The number of para-hydroxylation sites is 1. The van der Waals surface area contributed by atoms with Gasteiger partial charge in [0, 0.05) is 36.5 Å². The predicted octanol–water partition coefficient (Wildman–Crippen LogP) is 2.50. The van der Waals surface area contributed by atoms with Gasteiger partial charge in [0.1, 0.15) is 29.6 Å². The lowest BCUT2D eigenvalue weighted by Gasteiger charge is -2.28. The lowest BCUT2D eigenvalue weighted by molar-refractivity contribution is 0.00466. The normalized spacial score (nSPS) is 16.6.